The monoisotopic (exact) mass is 647 g/mol. The molecule has 0 aromatic heterocycles. The van der Waals surface area contributed by atoms with Crippen LogP contribution in [0.4, 0.5) is 10.5 Å². The summed E-state index contributed by atoms with van der Waals surface area (Å²) in [5.41, 5.74) is 1.65. The molecule has 252 valence electrons. The molecule has 3 aromatic rings. The van der Waals surface area contributed by atoms with Crippen LogP contribution in [0.3, 0.4) is 0 Å². The highest BCUT2D eigenvalue weighted by Crippen LogP contribution is 2.36. The van der Waals surface area contributed by atoms with Gasteiger partial charge in [0.2, 0.25) is 5.91 Å². The number of piperidine rings is 1. The summed E-state index contributed by atoms with van der Waals surface area (Å²) in [5.74, 6) is 1.37. The Morgan fingerprint density at radius 1 is 0.894 bits per heavy atom. The van der Waals surface area contributed by atoms with Gasteiger partial charge in [-0.1, -0.05) is 6.07 Å². The van der Waals surface area contributed by atoms with Gasteiger partial charge in [0.05, 0.1) is 33.6 Å². The van der Waals surface area contributed by atoms with Crippen LogP contribution in [0.2, 0.25) is 0 Å². The molecule has 1 saturated heterocycles. The summed E-state index contributed by atoms with van der Waals surface area (Å²) in [4.78, 5) is 40.5. The molecule has 0 saturated carbocycles. The molecule has 1 aliphatic heterocycles. The number of carbonyl (C=O) groups excluding carboxylic acids is 3. The van der Waals surface area contributed by atoms with E-state index in [0.29, 0.717) is 59.3 Å². The first-order valence-corrected chi connectivity index (χ1v) is 15.7. The Labute approximate surface area is 276 Å². The molecule has 11 nitrogen and oxygen atoms in total. The van der Waals surface area contributed by atoms with Crippen molar-refractivity contribution < 1.29 is 38.4 Å². The van der Waals surface area contributed by atoms with E-state index in [9.17, 15) is 19.5 Å². The summed E-state index contributed by atoms with van der Waals surface area (Å²) in [6.45, 7) is 7.08. The maximum Gasteiger partial charge on any atom is 0.410 e. The first-order chi connectivity index (χ1) is 22.4. The van der Waals surface area contributed by atoms with Gasteiger partial charge in [0.1, 0.15) is 28.6 Å². The number of anilines is 1. The summed E-state index contributed by atoms with van der Waals surface area (Å²) in [6, 6.07) is 15.4. The van der Waals surface area contributed by atoms with E-state index < -0.39 is 5.60 Å². The van der Waals surface area contributed by atoms with Crippen LogP contribution >= 0.6 is 0 Å². The summed E-state index contributed by atoms with van der Waals surface area (Å²) in [5, 5.41) is 17.5. The lowest BCUT2D eigenvalue weighted by atomic mass is 9.92. The fraction of sp³-hybridized carbons (Fsp3) is 0.417. The van der Waals surface area contributed by atoms with Crippen LogP contribution in [0.5, 0.6) is 23.0 Å². The minimum Gasteiger partial charge on any atom is -0.505 e. The number of hydrogen-bond acceptors (Lipinski definition) is 9. The zero-order valence-electron chi connectivity index (χ0n) is 28.0. The fourth-order valence-corrected chi connectivity index (χ4v) is 5.40. The van der Waals surface area contributed by atoms with Crippen molar-refractivity contribution in [3.05, 3.63) is 76.9 Å². The smallest absolute Gasteiger partial charge is 0.410 e. The molecule has 0 atom stereocenters. The first-order valence-electron chi connectivity index (χ1n) is 15.7. The van der Waals surface area contributed by atoms with E-state index in [2.05, 4.69) is 10.6 Å². The lowest BCUT2D eigenvalue weighted by Crippen LogP contribution is -2.44. The number of amides is 2. The van der Waals surface area contributed by atoms with Crippen molar-refractivity contribution >= 4 is 23.5 Å². The number of ketones is 1. The highest BCUT2D eigenvalue weighted by atomic mass is 16.6. The van der Waals surface area contributed by atoms with E-state index in [-0.39, 0.29) is 42.4 Å². The largest absolute Gasteiger partial charge is 0.505 e. The zero-order valence-corrected chi connectivity index (χ0v) is 28.0. The number of likely N-dealkylation sites (tertiary alicyclic amines) is 1. The normalized spacial score (nSPS) is 13.4. The molecule has 3 N–H and O–H groups in total. The minimum absolute atomic E-state index is 0.0820. The molecule has 1 aliphatic rings. The number of phenolic OH excluding ortho intramolecular Hbond substituents is 1. The number of methoxy groups -OCH3 is 3. The van der Waals surface area contributed by atoms with Gasteiger partial charge in [0.15, 0.2) is 5.78 Å². The Morgan fingerprint density at radius 2 is 1.55 bits per heavy atom. The van der Waals surface area contributed by atoms with Gasteiger partial charge in [-0.15, -0.1) is 0 Å². The van der Waals surface area contributed by atoms with Crippen LogP contribution in [0.1, 0.15) is 60.7 Å². The number of nitrogens with zero attached hydrogens (tertiary/aromatic N) is 1. The second kappa shape index (κ2) is 15.6. The lowest BCUT2D eigenvalue weighted by molar-refractivity contribution is -0.119. The second-order valence-corrected chi connectivity index (χ2v) is 12.5. The summed E-state index contributed by atoms with van der Waals surface area (Å²) in [7, 11) is 4.66. The predicted molar refractivity (Wildman–Crippen MR) is 179 cm³/mol. The number of nitrogens with one attached hydrogen (secondary N) is 2. The number of phenols is 1. The van der Waals surface area contributed by atoms with E-state index in [0.717, 1.165) is 18.4 Å². The molecule has 2 amide bonds. The van der Waals surface area contributed by atoms with Gasteiger partial charge in [-0.25, -0.2) is 4.79 Å². The topological polar surface area (TPSA) is 136 Å². The molecule has 11 heteroatoms. The van der Waals surface area contributed by atoms with Gasteiger partial charge in [0.25, 0.3) is 0 Å². The van der Waals surface area contributed by atoms with Crippen LogP contribution in [-0.4, -0.2) is 80.9 Å². The highest BCUT2D eigenvalue weighted by molar-refractivity contribution is 6.10. The van der Waals surface area contributed by atoms with Crippen LogP contribution in [0, 0.1) is 5.92 Å². The average molecular weight is 648 g/mol. The second-order valence-electron chi connectivity index (χ2n) is 12.5. The number of ether oxygens (including phenoxy) is 4. The van der Waals surface area contributed by atoms with E-state index in [1.54, 1.807) is 74.8 Å². The molecular weight excluding hydrogens is 602 g/mol. The van der Waals surface area contributed by atoms with E-state index in [1.807, 2.05) is 26.8 Å². The van der Waals surface area contributed by atoms with Crippen molar-refractivity contribution in [1.29, 1.82) is 0 Å². The van der Waals surface area contributed by atoms with Gasteiger partial charge >= 0.3 is 6.09 Å². The Bertz CT molecular complexity index is 1560. The zero-order chi connectivity index (χ0) is 34.1. The molecule has 0 bridgehead atoms. The molecule has 0 aliphatic carbocycles. The van der Waals surface area contributed by atoms with Gasteiger partial charge in [-0.2, -0.15) is 0 Å². The maximum absolute atomic E-state index is 13.7. The Balaban J connectivity index is 1.45. The minimum atomic E-state index is -0.543. The highest BCUT2D eigenvalue weighted by Gasteiger charge is 2.27. The number of carbonyl (C=O) groups is 3. The van der Waals surface area contributed by atoms with Crippen molar-refractivity contribution in [2.75, 3.05) is 52.8 Å². The van der Waals surface area contributed by atoms with Crippen LogP contribution < -0.4 is 24.8 Å². The van der Waals surface area contributed by atoms with Crippen molar-refractivity contribution in [3.63, 3.8) is 0 Å². The number of aromatic hydroxyl groups is 1. The summed E-state index contributed by atoms with van der Waals surface area (Å²) in [6.07, 6.45) is 1.39. The maximum atomic E-state index is 13.7. The first kappa shape index (κ1) is 34.9. The Kier molecular flexibility index (Phi) is 11.6. The third kappa shape index (κ3) is 9.31. The number of benzene rings is 3. The summed E-state index contributed by atoms with van der Waals surface area (Å²) < 4.78 is 21.6. The third-order valence-electron chi connectivity index (χ3n) is 8.03. The molecule has 1 fully saturated rings. The summed E-state index contributed by atoms with van der Waals surface area (Å²) >= 11 is 0. The Morgan fingerprint density at radius 3 is 2.17 bits per heavy atom. The lowest BCUT2D eigenvalue weighted by Gasteiger charge is -2.33. The SMILES string of the molecule is COc1ccc(C(=O)c2ccc(NCC(=O)NCC3CCN(C(=O)OC(C)(C)C)CC3)c(O)c2Cc2ccc(OC)cc2OC)cc1. The van der Waals surface area contributed by atoms with Crippen LogP contribution in [-0.2, 0) is 16.0 Å². The number of hydrogen-bond donors (Lipinski definition) is 3. The van der Waals surface area contributed by atoms with E-state index in [1.165, 1.54) is 0 Å². The van der Waals surface area contributed by atoms with Gasteiger partial charge in [-0.3, -0.25) is 9.59 Å². The van der Waals surface area contributed by atoms with Crippen LogP contribution in [0.25, 0.3) is 0 Å². The van der Waals surface area contributed by atoms with Crippen molar-refractivity contribution in [2.24, 2.45) is 5.92 Å². The van der Waals surface area contributed by atoms with Crippen molar-refractivity contribution in [3.8, 4) is 23.0 Å². The molecule has 1 heterocycles. The standard InChI is InChI=1S/C36H45N3O8/c1-36(2,3)47-35(43)39-17-15-23(16-18-39)21-38-32(40)22-37-30-14-13-28(33(41)24-7-10-26(44-4)11-8-24)29(34(30)42)19-25-9-12-27(45-5)20-31(25)46-6/h7-14,20,23,37,42H,15-19,21-22H2,1-6H3,(H,38,40). The van der Waals surface area contributed by atoms with Gasteiger partial charge in [-0.05, 0) is 87.6 Å². The van der Waals surface area contributed by atoms with Crippen LogP contribution in [0.15, 0.2) is 54.6 Å². The third-order valence-corrected chi connectivity index (χ3v) is 8.03. The van der Waals surface area contributed by atoms with Gasteiger partial charge < -0.3 is 39.6 Å². The van der Waals surface area contributed by atoms with Crippen molar-refractivity contribution in [1.82, 2.24) is 10.2 Å². The van der Waals surface area contributed by atoms with Gasteiger partial charge in [0, 0.05) is 48.8 Å². The number of rotatable bonds is 12. The molecular formula is C36H45N3O8. The fourth-order valence-electron chi connectivity index (χ4n) is 5.40. The predicted octanol–water partition coefficient (Wildman–Crippen LogP) is 5.42. The quantitative estimate of drug-likeness (QED) is 0.174. The molecule has 47 heavy (non-hydrogen) atoms. The molecule has 0 unspecified atom stereocenters. The Hall–Kier alpha value is -4.93. The van der Waals surface area contributed by atoms with Crippen molar-refractivity contribution in [2.45, 2.75) is 45.6 Å². The van der Waals surface area contributed by atoms with E-state index >= 15 is 0 Å². The average Bonchev–Trinajstić information content (AvgIpc) is 3.06. The van der Waals surface area contributed by atoms with E-state index in [4.69, 9.17) is 18.9 Å². The molecule has 3 aromatic carbocycles. The molecule has 0 radical (unpaired) electrons. The molecule has 4 rings (SSSR count). The molecule has 0 spiro atoms.